The zero-order chi connectivity index (χ0) is 22.8. The summed E-state index contributed by atoms with van der Waals surface area (Å²) < 4.78 is 5.12. The molecule has 0 saturated carbocycles. The Balaban J connectivity index is 1.46. The van der Waals surface area contributed by atoms with Crippen molar-refractivity contribution in [3.63, 3.8) is 0 Å². The van der Waals surface area contributed by atoms with Gasteiger partial charge in [-0.2, -0.15) is 4.98 Å². The lowest BCUT2D eigenvalue weighted by atomic mass is 10.1. The van der Waals surface area contributed by atoms with Crippen molar-refractivity contribution in [3.05, 3.63) is 87.7 Å². The van der Waals surface area contributed by atoms with E-state index in [-0.39, 0.29) is 34.7 Å². The fraction of sp³-hybridized carbons (Fsp3) is 0.208. The fourth-order valence-corrected chi connectivity index (χ4v) is 3.60. The Morgan fingerprint density at radius 1 is 1.19 bits per heavy atom. The van der Waals surface area contributed by atoms with Crippen LogP contribution in [0, 0.1) is 0 Å². The van der Waals surface area contributed by atoms with Gasteiger partial charge in [-0.25, -0.2) is 0 Å². The minimum absolute atomic E-state index is 0.0816. The van der Waals surface area contributed by atoms with Gasteiger partial charge in [-0.1, -0.05) is 66.4 Å². The number of allylic oxidation sites excluding steroid dienone is 1. The molecule has 3 rings (SSSR count). The SMILES string of the molecule is COc1ccc(CCNC(=O)CSc2nc(=O)c(CC=Cc3ccccc3)c(O)[nH]2)cc1. The number of methoxy groups -OCH3 is 1. The van der Waals surface area contributed by atoms with Gasteiger partial charge in [-0.3, -0.25) is 9.59 Å². The van der Waals surface area contributed by atoms with E-state index in [0.717, 1.165) is 28.6 Å². The number of H-pyrrole nitrogens is 1. The third-order valence-corrected chi connectivity index (χ3v) is 5.51. The minimum atomic E-state index is -0.513. The maximum Gasteiger partial charge on any atom is 0.281 e. The molecule has 0 aliphatic heterocycles. The molecule has 1 heterocycles. The molecule has 3 N–H and O–H groups in total. The summed E-state index contributed by atoms with van der Waals surface area (Å²) in [4.78, 5) is 31.0. The molecule has 7 nitrogen and oxygen atoms in total. The van der Waals surface area contributed by atoms with E-state index in [2.05, 4.69) is 15.3 Å². The second kappa shape index (κ2) is 11.8. The van der Waals surface area contributed by atoms with E-state index < -0.39 is 5.56 Å². The molecule has 2 aromatic carbocycles. The maximum atomic E-state index is 12.3. The van der Waals surface area contributed by atoms with Crippen LogP contribution in [-0.2, 0) is 17.6 Å². The van der Waals surface area contributed by atoms with Crippen LogP contribution < -0.4 is 15.6 Å². The number of hydrogen-bond acceptors (Lipinski definition) is 6. The monoisotopic (exact) mass is 451 g/mol. The number of aromatic hydroxyl groups is 1. The number of carbonyl (C=O) groups excluding carboxylic acids is 1. The van der Waals surface area contributed by atoms with Gasteiger partial charge in [0.05, 0.1) is 18.4 Å². The molecule has 0 fully saturated rings. The van der Waals surface area contributed by atoms with E-state index in [9.17, 15) is 14.7 Å². The van der Waals surface area contributed by atoms with Crippen LogP contribution in [0.1, 0.15) is 16.7 Å². The van der Waals surface area contributed by atoms with Crippen LogP contribution in [-0.4, -0.2) is 40.4 Å². The van der Waals surface area contributed by atoms with Gasteiger partial charge in [-0.15, -0.1) is 0 Å². The number of amides is 1. The Labute approximate surface area is 190 Å². The van der Waals surface area contributed by atoms with Crippen LogP contribution in [0.15, 0.2) is 70.6 Å². The number of benzene rings is 2. The molecule has 0 radical (unpaired) electrons. The van der Waals surface area contributed by atoms with Crippen molar-refractivity contribution in [3.8, 4) is 11.6 Å². The summed E-state index contributed by atoms with van der Waals surface area (Å²) in [7, 11) is 1.62. The van der Waals surface area contributed by atoms with Crippen molar-refractivity contribution in [1.29, 1.82) is 0 Å². The molecule has 0 saturated heterocycles. The topological polar surface area (TPSA) is 104 Å². The van der Waals surface area contributed by atoms with Gasteiger partial charge in [0, 0.05) is 13.0 Å². The molecule has 1 amide bonds. The average Bonchev–Trinajstić information content (AvgIpc) is 2.80. The van der Waals surface area contributed by atoms with Crippen LogP contribution in [0.2, 0.25) is 0 Å². The van der Waals surface area contributed by atoms with Crippen LogP contribution in [0.5, 0.6) is 11.6 Å². The highest BCUT2D eigenvalue weighted by Crippen LogP contribution is 2.17. The third-order valence-electron chi connectivity index (χ3n) is 4.64. The molecule has 166 valence electrons. The van der Waals surface area contributed by atoms with Crippen LogP contribution in [0.3, 0.4) is 0 Å². The van der Waals surface area contributed by atoms with Gasteiger partial charge in [0.2, 0.25) is 5.91 Å². The average molecular weight is 452 g/mol. The minimum Gasteiger partial charge on any atom is -0.497 e. The summed E-state index contributed by atoms with van der Waals surface area (Å²) in [6.07, 6.45) is 4.61. The molecule has 1 aromatic heterocycles. The first kappa shape index (κ1) is 23.1. The smallest absolute Gasteiger partial charge is 0.281 e. The summed E-state index contributed by atoms with van der Waals surface area (Å²) in [5.41, 5.74) is 1.76. The van der Waals surface area contributed by atoms with E-state index >= 15 is 0 Å². The summed E-state index contributed by atoms with van der Waals surface area (Å²) >= 11 is 1.06. The Bertz CT molecular complexity index is 1110. The normalized spacial score (nSPS) is 10.9. The molecule has 8 heteroatoms. The Morgan fingerprint density at radius 3 is 2.62 bits per heavy atom. The number of nitrogens with zero attached hydrogens (tertiary/aromatic N) is 1. The summed E-state index contributed by atoms with van der Waals surface area (Å²) in [6, 6.07) is 17.3. The molecular formula is C24H25N3O4S. The molecule has 3 aromatic rings. The number of rotatable bonds is 10. The Kier molecular flexibility index (Phi) is 8.51. The highest BCUT2D eigenvalue weighted by atomic mass is 32.2. The molecule has 0 aliphatic rings. The lowest BCUT2D eigenvalue weighted by molar-refractivity contribution is -0.118. The third kappa shape index (κ3) is 7.02. The number of ether oxygens (including phenoxy) is 1. The summed E-state index contributed by atoms with van der Waals surface area (Å²) in [5, 5.41) is 13.2. The van der Waals surface area contributed by atoms with E-state index in [1.165, 1.54) is 0 Å². The lowest BCUT2D eigenvalue weighted by Crippen LogP contribution is -2.27. The van der Waals surface area contributed by atoms with Gasteiger partial charge >= 0.3 is 0 Å². The highest BCUT2D eigenvalue weighted by Gasteiger charge is 2.11. The van der Waals surface area contributed by atoms with Crippen molar-refractivity contribution in [2.24, 2.45) is 0 Å². The van der Waals surface area contributed by atoms with E-state index in [0.29, 0.717) is 13.0 Å². The quantitative estimate of drug-likeness (QED) is 0.323. The van der Waals surface area contributed by atoms with Crippen molar-refractivity contribution in [2.45, 2.75) is 18.0 Å². The van der Waals surface area contributed by atoms with Crippen LogP contribution >= 0.6 is 11.8 Å². The van der Waals surface area contributed by atoms with Crippen LogP contribution in [0.25, 0.3) is 6.08 Å². The first-order chi connectivity index (χ1) is 15.5. The highest BCUT2D eigenvalue weighted by molar-refractivity contribution is 7.99. The van der Waals surface area contributed by atoms with Crippen molar-refractivity contribution in [1.82, 2.24) is 15.3 Å². The summed E-state index contributed by atoms with van der Waals surface area (Å²) in [5.74, 6) is 0.459. The van der Waals surface area contributed by atoms with Gasteiger partial charge in [0.1, 0.15) is 5.75 Å². The number of aromatic amines is 1. The Hall–Kier alpha value is -3.52. The second-order valence-electron chi connectivity index (χ2n) is 6.93. The molecule has 0 spiro atoms. The molecule has 0 atom stereocenters. The predicted molar refractivity (Wildman–Crippen MR) is 126 cm³/mol. The number of hydrogen-bond donors (Lipinski definition) is 3. The van der Waals surface area contributed by atoms with Gasteiger partial charge in [-0.05, 0) is 29.7 Å². The molecule has 0 bridgehead atoms. The molecule has 0 unspecified atom stereocenters. The van der Waals surface area contributed by atoms with Crippen LogP contribution in [0.4, 0.5) is 0 Å². The van der Waals surface area contributed by atoms with Crippen molar-refractivity contribution in [2.75, 3.05) is 19.4 Å². The molecular weight excluding hydrogens is 426 g/mol. The zero-order valence-corrected chi connectivity index (χ0v) is 18.5. The van der Waals surface area contributed by atoms with E-state index in [4.69, 9.17) is 4.74 Å². The maximum absolute atomic E-state index is 12.3. The number of aromatic nitrogens is 2. The van der Waals surface area contributed by atoms with Crippen molar-refractivity contribution < 1.29 is 14.6 Å². The molecule has 32 heavy (non-hydrogen) atoms. The zero-order valence-electron chi connectivity index (χ0n) is 17.7. The predicted octanol–water partition coefficient (Wildman–Crippen LogP) is 3.19. The van der Waals surface area contributed by atoms with Gasteiger partial charge in [0.25, 0.3) is 5.56 Å². The lowest BCUT2D eigenvalue weighted by Gasteiger charge is -2.07. The number of nitrogens with one attached hydrogen (secondary N) is 2. The van der Waals surface area contributed by atoms with E-state index in [1.54, 1.807) is 13.2 Å². The first-order valence-electron chi connectivity index (χ1n) is 10.1. The van der Waals surface area contributed by atoms with Gasteiger partial charge < -0.3 is 20.1 Å². The fourth-order valence-electron chi connectivity index (χ4n) is 2.92. The number of carbonyl (C=O) groups is 1. The van der Waals surface area contributed by atoms with Gasteiger partial charge in [0.15, 0.2) is 11.0 Å². The first-order valence-corrected chi connectivity index (χ1v) is 11.1. The summed E-state index contributed by atoms with van der Waals surface area (Å²) in [6.45, 7) is 0.494. The second-order valence-corrected chi connectivity index (χ2v) is 7.89. The standard InChI is InChI=1S/C24H25N3O4S/c1-31-19-12-10-18(11-13-19)14-15-25-21(28)16-32-24-26-22(29)20(23(30)27-24)9-5-8-17-6-3-2-4-7-17/h2-8,10-13H,9,14-16H2,1H3,(H,25,28)(H2,26,27,29,30). The molecule has 0 aliphatic carbocycles. The van der Waals surface area contributed by atoms with E-state index in [1.807, 2.05) is 60.7 Å². The van der Waals surface area contributed by atoms with Crippen molar-refractivity contribution >= 4 is 23.7 Å². The Morgan fingerprint density at radius 2 is 1.94 bits per heavy atom. The number of thioether (sulfide) groups is 1. The largest absolute Gasteiger partial charge is 0.497 e.